The molecule has 10 heavy (non-hydrogen) atoms. The molecule has 0 spiro atoms. The quantitative estimate of drug-likeness (QED) is 0.459. The molecule has 3 heteroatoms. The van der Waals surface area contributed by atoms with Crippen LogP contribution in [0.3, 0.4) is 0 Å². The van der Waals surface area contributed by atoms with Crippen LogP contribution in [-0.4, -0.2) is 35.5 Å². The summed E-state index contributed by atoms with van der Waals surface area (Å²) in [6.45, 7) is 3.44. The molecule has 1 aliphatic rings. The molecule has 3 nitrogen and oxygen atoms in total. The SMILES string of the molecule is CC1CNCCC1(O)CO. The molecule has 2 atom stereocenters. The first kappa shape index (κ1) is 7.98. The van der Waals surface area contributed by atoms with Crippen molar-refractivity contribution in [3.63, 3.8) is 0 Å². The second-order valence-electron chi connectivity index (χ2n) is 3.12. The summed E-state index contributed by atoms with van der Waals surface area (Å²) < 4.78 is 0. The molecule has 1 rings (SSSR count). The van der Waals surface area contributed by atoms with E-state index in [-0.39, 0.29) is 12.5 Å². The Kier molecular flexibility index (Phi) is 2.28. The molecule has 3 N–H and O–H groups in total. The van der Waals surface area contributed by atoms with Crippen LogP contribution in [-0.2, 0) is 0 Å². The van der Waals surface area contributed by atoms with E-state index in [1.165, 1.54) is 0 Å². The van der Waals surface area contributed by atoms with Crippen molar-refractivity contribution in [3.05, 3.63) is 0 Å². The molecule has 0 bridgehead atoms. The summed E-state index contributed by atoms with van der Waals surface area (Å²) in [7, 11) is 0. The molecule has 2 unspecified atom stereocenters. The van der Waals surface area contributed by atoms with Gasteiger partial charge in [0.2, 0.25) is 0 Å². The first-order valence-electron chi connectivity index (χ1n) is 3.73. The molecule has 1 aliphatic heterocycles. The molecule has 0 amide bonds. The van der Waals surface area contributed by atoms with Gasteiger partial charge in [0.25, 0.3) is 0 Å². The average Bonchev–Trinajstić information content (AvgIpc) is 1.96. The van der Waals surface area contributed by atoms with E-state index in [9.17, 15) is 5.11 Å². The van der Waals surface area contributed by atoms with Crippen LogP contribution in [0.2, 0.25) is 0 Å². The molecule has 60 valence electrons. The number of aliphatic hydroxyl groups excluding tert-OH is 1. The van der Waals surface area contributed by atoms with E-state index in [0.717, 1.165) is 13.1 Å². The van der Waals surface area contributed by atoms with Gasteiger partial charge in [-0.1, -0.05) is 6.92 Å². The van der Waals surface area contributed by atoms with Gasteiger partial charge in [0.05, 0.1) is 12.2 Å². The maximum absolute atomic E-state index is 9.66. The normalized spacial score (nSPS) is 41.7. The summed E-state index contributed by atoms with van der Waals surface area (Å²) in [5.74, 6) is 0.159. The van der Waals surface area contributed by atoms with E-state index < -0.39 is 5.60 Å². The van der Waals surface area contributed by atoms with Gasteiger partial charge in [0.15, 0.2) is 0 Å². The predicted octanol–water partition coefficient (Wildman–Crippen LogP) is -0.661. The Morgan fingerprint density at radius 1 is 1.70 bits per heavy atom. The minimum Gasteiger partial charge on any atom is -0.393 e. The summed E-state index contributed by atoms with van der Waals surface area (Å²) >= 11 is 0. The molecule has 0 radical (unpaired) electrons. The van der Waals surface area contributed by atoms with Gasteiger partial charge in [-0.2, -0.15) is 0 Å². The van der Waals surface area contributed by atoms with Crippen molar-refractivity contribution in [2.24, 2.45) is 5.92 Å². The highest BCUT2D eigenvalue weighted by atomic mass is 16.3. The lowest BCUT2D eigenvalue weighted by atomic mass is 9.84. The summed E-state index contributed by atoms with van der Waals surface area (Å²) in [6, 6.07) is 0. The largest absolute Gasteiger partial charge is 0.393 e. The summed E-state index contributed by atoms with van der Waals surface area (Å²) in [5, 5.41) is 21.7. The molecular weight excluding hydrogens is 130 g/mol. The Hall–Kier alpha value is -0.120. The lowest BCUT2D eigenvalue weighted by Crippen LogP contribution is -2.51. The van der Waals surface area contributed by atoms with Gasteiger partial charge < -0.3 is 15.5 Å². The minimum absolute atomic E-state index is 0.115. The molecule has 0 aromatic rings. The van der Waals surface area contributed by atoms with Gasteiger partial charge in [-0.05, 0) is 18.9 Å². The fourth-order valence-electron chi connectivity index (χ4n) is 1.29. The van der Waals surface area contributed by atoms with E-state index in [0.29, 0.717) is 6.42 Å². The molecule has 0 aliphatic carbocycles. The van der Waals surface area contributed by atoms with Crippen molar-refractivity contribution in [1.29, 1.82) is 0 Å². The first-order valence-corrected chi connectivity index (χ1v) is 3.73. The number of hydrogen-bond acceptors (Lipinski definition) is 3. The van der Waals surface area contributed by atoms with Crippen molar-refractivity contribution in [2.45, 2.75) is 18.9 Å². The second-order valence-corrected chi connectivity index (χ2v) is 3.12. The van der Waals surface area contributed by atoms with Crippen LogP contribution in [0.15, 0.2) is 0 Å². The number of piperidine rings is 1. The number of aliphatic hydroxyl groups is 2. The van der Waals surface area contributed by atoms with E-state index in [4.69, 9.17) is 5.11 Å². The smallest absolute Gasteiger partial charge is 0.0926 e. The van der Waals surface area contributed by atoms with Gasteiger partial charge in [0.1, 0.15) is 0 Å². The van der Waals surface area contributed by atoms with Crippen LogP contribution in [0.1, 0.15) is 13.3 Å². The van der Waals surface area contributed by atoms with Gasteiger partial charge in [-0.15, -0.1) is 0 Å². The van der Waals surface area contributed by atoms with E-state index in [2.05, 4.69) is 5.32 Å². The van der Waals surface area contributed by atoms with Gasteiger partial charge in [-0.3, -0.25) is 0 Å². The van der Waals surface area contributed by atoms with E-state index in [1.54, 1.807) is 0 Å². The van der Waals surface area contributed by atoms with Crippen LogP contribution >= 0.6 is 0 Å². The first-order chi connectivity index (χ1) is 4.69. The van der Waals surface area contributed by atoms with E-state index >= 15 is 0 Å². The van der Waals surface area contributed by atoms with Crippen molar-refractivity contribution in [3.8, 4) is 0 Å². The highest BCUT2D eigenvalue weighted by Gasteiger charge is 2.34. The summed E-state index contributed by atoms with van der Waals surface area (Å²) in [5.41, 5.74) is -0.828. The Labute approximate surface area is 61.1 Å². The molecule has 1 saturated heterocycles. The van der Waals surface area contributed by atoms with E-state index in [1.807, 2.05) is 6.92 Å². The highest BCUT2D eigenvalue weighted by Crippen LogP contribution is 2.22. The van der Waals surface area contributed by atoms with Gasteiger partial charge in [0, 0.05) is 6.54 Å². The third-order valence-corrected chi connectivity index (χ3v) is 2.38. The van der Waals surface area contributed by atoms with Crippen LogP contribution in [0.5, 0.6) is 0 Å². The topological polar surface area (TPSA) is 52.5 Å². The Balaban J connectivity index is 2.54. The summed E-state index contributed by atoms with van der Waals surface area (Å²) in [4.78, 5) is 0. The maximum Gasteiger partial charge on any atom is 0.0926 e. The molecule has 1 fully saturated rings. The third kappa shape index (κ3) is 1.31. The number of nitrogens with one attached hydrogen (secondary N) is 1. The zero-order valence-corrected chi connectivity index (χ0v) is 6.30. The second kappa shape index (κ2) is 2.86. The molecule has 1 heterocycles. The lowest BCUT2D eigenvalue weighted by molar-refractivity contribution is -0.0731. The van der Waals surface area contributed by atoms with Gasteiger partial charge >= 0.3 is 0 Å². The Morgan fingerprint density at radius 3 is 2.80 bits per heavy atom. The molecular formula is C7H15NO2. The maximum atomic E-state index is 9.66. The van der Waals surface area contributed by atoms with Crippen molar-refractivity contribution < 1.29 is 10.2 Å². The van der Waals surface area contributed by atoms with Crippen LogP contribution in [0.25, 0.3) is 0 Å². The standard InChI is InChI=1S/C7H15NO2/c1-6-4-8-3-2-7(6,10)5-9/h6,8-10H,2-5H2,1H3. The zero-order chi connectivity index (χ0) is 7.61. The van der Waals surface area contributed by atoms with Crippen LogP contribution < -0.4 is 5.32 Å². The third-order valence-electron chi connectivity index (χ3n) is 2.38. The monoisotopic (exact) mass is 145 g/mol. The summed E-state index contributed by atoms with van der Waals surface area (Å²) in [6.07, 6.45) is 0.657. The van der Waals surface area contributed by atoms with Crippen molar-refractivity contribution in [2.75, 3.05) is 19.7 Å². The van der Waals surface area contributed by atoms with Crippen LogP contribution in [0.4, 0.5) is 0 Å². The zero-order valence-electron chi connectivity index (χ0n) is 6.30. The predicted molar refractivity (Wildman–Crippen MR) is 38.7 cm³/mol. The highest BCUT2D eigenvalue weighted by molar-refractivity contribution is 4.88. The average molecular weight is 145 g/mol. The molecule has 0 saturated carbocycles. The van der Waals surface area contributed by atoms with Crippen molar-refractivity contribution in [1.82, 2.24) is 5.32 Å². The number of rotatable bonds is 1. The fraction of sp³-hybridized carbons (Fsp3) is 1.00. The van der Waals surface area contributed by atoms with Crippen molar-refractivity contribution >= 4 is 0 Å². The fourth-order valence-corrected chi connectivity index (χ4v) is 1.29. The minimum atomic E-state index is -0.828. The van der Waals surface area contributed by atoms with Crippen LogP contribution in [0, 0.1) is 5.92 Å². The lowest BCUT2D eigenvalue weighted by Gasteiger charge is -2.36. The Morgan fingerprint density at radius 2 is 2.40 bits per heavy atom. The molecule has 0 aromatic carbocycles. The number of hydrogen-bond donors (Lipinski definition) is 3. The van der Waals surface area contributed by atoms with Gasteiger partial charge in [-0.25, -0.2) is 0 Å². The molecule has 0 aromatic heterocycles. The Bertz CT molecular complexity index is 118.